The first-order valence-corrected chi connectivity index (χ1v) is 4.41. The highest BCUT2D eigenvalue weighted by molar-refractivity contribution is 9.10. The second-order valence-electron chi connectivity index (χ2n) is 2.57. The van der Waals surface area contributed by atoms with Gasteiger partial charge in [-0.15, -0.1) is 0 Å². The Morgan fingerprint density at radius 2 is 2.00 bits per heavy atom. The number of hydrogen-bond donors (Lipinski definition) is 1. The van der Waals surface area contributed by atoms with Crippen LogP contribution in [0.3, 0.4) is 0 Å². The van der Waals surface area contributed by atoms with Gasteiger partial charge in [0.25, 0.3) is 0 Å². The van der Waals surface area contributed by atoms with Gasteiger partial charge in [0.2, 0.25) is 0 Å². The van der Waals surface area contributed by atoms with E-state index in [1.165, 1.54) is 0 Å². The van der Waals surface area contributed by atoms with Crippen molar-refractivity contribution in [2.24, 2.45) is 5.73 Å². The highest BCUT2D eigenvalue weighted by Crippen LogP contribution is 2.11. The Morgan fingerprint density at radius 1 is 1.42 bits per heavy atom. The fourth-order valence-electron chi connectivity index (χ4n) is 0.920. The molecule has 0 aromatic heterocycles. The molecule has 0 aliphatic rings. The minimum Gasteiger partial charge on any atom is -0.316 e. The molecule has 1 aromatic carbocycles. The zero-order chi connectivity index (χ0) is 8.97. The zero-order valence-electron chi connectivity index (χ0n) is 6.50. The Balaban J connectivity index is 2.66. The van der Waals surface area contributed by atoms with Crippen LogP contribution in [-0.2, 0) is 6.42 Å². The van der Waals surface area contributed by atoms with E-state index in [0.29, 0.717) is 6.42 Å². The average molecular weight is 225 g/mol. The van der Waals surface area contributed by atoms with Crippen molar-refractivity contribution >= 4 is 15.9 Å². The molecule has 1 rings (SSSR count). The van der Waals surface area contributed by atoms with E-state index in [9.17, 15) is 0 Å². The van der Waals surface area contributed by atoms with E-state index >= 15 is 0 Å². The van der Waals surface area contributed by atoms with Crippen LogP contribution in [0.15, 0.2) is 28.7 Å². The van der Waals surface area contributed by atoms with Gasteiger partial charge in [0.1, 0.15) is 0 Å². The van der Waals surface area contributed by atoms with Gasteiger partial charge in [-0.3, -0.25) is 0 Å². The highest BCUT2D eigenvalue weighted by atomic mass is 79.9. The maximum absolute atomic E-state index is 8.47. The van der Waals surface area contributed by atoms with Crippen LogP contribution in [0.2, 0.25) is 0 Å². The summed E-state index contributed by atoms with van der Waals surface area (Å²) in [5.74, 6) is 0. The Hall–Kier alpha value is -0.850. The second kappa shape index (κ2) is 4.24. The number of nitriles is 1. The van der Waals surface area contributed by atoms with E-state index in [1.54, 1.807) is 0 Å². The summed E-state index contributed by atoms with van der Waals surface area (Å²) in [6.45, 7) is 0. The molecule has 0 fully saturated rings. The summed E-state index contributed by atoms with van der Waals surface area (Å²) in [5.41, 5.74) is 6.56. The van der Waals surface area contributed by atoms with Crippen LogP contribution in [0.5, 0.6) is 0 Å². The number of rotatable bonds is 2. The number of nitrogens with zero attached hydrogens (tertiary/aromatic N) is 1. The largest absolute Gasteiger partial charge is 0.316 e. The summed E-state index contributed by atoms with van der Waals surface area (Å²) in [6, 6.07) is 9.40. The molecule has 3 heteroatoms. The molecule has 12 heavy (non-hydrogen) atoms. The van der Waals surface area contributed by atoms with Crippen LogP contribution in [0.4, 0.5) is 0 Å². The molecule has 2 N–H and O–H groups in total. The average Bonchev–Trinajstić information content (AvgIpc) is 2.09. The summed E-state index contributed by atoms with van der Waals surface area (Å²) in [6.07, 6.45) is 0.615. The summed E-state index contributed by atoms with van der Waals surface area (Å²) < 4.78 is 1.04. The molecule has 0 bridgehead atoms. The van der Waals surface area contributed by atoms with Crippen LogP contribution < -0.4 is 5.73 Å². The molecule has 0 saturated carbocycles. The minimum absolute atomic E-state index is 0.397. The number of nitrogens with two attached hydrogens (primary N) is 1. The van der Waals surface area contributed by atoms with E-state index in [2.05, 4.69) is 15.9 Å². The van der Waals surface area contributed by atoms with Gasteiger partial charge in [-0.2, -0.15) is 5.26 Å². The maximum Gasteiger partial charge on any atom is 0.0968 e. The normalized spacial score (nSPS) is 12.1. The predicted octanol–water partition coefficient (Wildman–Crippen LogP) is 1.84. The first-order chi connectivity index (χ1) is 5.72. The van der Waals surface area contributed by atoms with Crippen molar-refractivity contribution in [2.45, 2.75) is 12.5 Å². The Bertz CT molecular complexity index is 286. The molecule has 0 saturated heterocycles. The number of hydrogen-bond acceptors (Lipinski definition) is 2. The molecule has 0 aliphatic heterocycles. The molecule has 1 aromatic rings. The van der Waals surface area contributed by atoms with Crippen LogP contribution in [0, 0.1) is 11.3 Å². The van der Waals surface area contributed by atoms with Crippen LogP contribution in [-0.4, -0.2) is 6.04 Å². The monoisotopic (exact) mass is 224 g/mol. The quantitative estimate of drug-likeness (QED) is 0.834. The molecular weight excluding hydrogens is 216 g/mol. The Kier molecular flexibility index (Phi) is 3.27. The Labute approximate surface area is 80.1 Å². The fraction of sp³-hybridized carbons (Fsp3) is 0.222. The van der Waals surface area contributed by atoms with Crippen molar-refractivity contribution in [3.05, 3.63) is 34.3 Å². The molecule has 0 heterocycles. The van der Waals surface area contributed by atoms with E-state index in [0.717, 1.165) is 10.0 Å². The predicted molar refractivity (Wildman–Crippen MR) is 51.4 cm³/mol. The lowest BCUT2D eigenvalue weighted by Crippen LogP contribution is -2.19. The van der Waals surface area contributed by atoms with Gasteiger partial charge >= 0.3 is 0 Å². The van der Waals surface area contributed by atoms with Crippen LogP contribution >= 0.6 is 15.9 Å². The van der Waals surface area contributed by atoms with Gasteiger partial charge in [-0.05, 0) is 17.7 Å². The third kappa shape index (κ3) is 2.65. The van der Waals surface area contributed by atoms with Crippen molar-refractivity contribution in [1.82, 2.24) is 0 Å². The molecule has 0 radical (unpaired) electrons. The van der Waals surface area contributed by atoms with Gasteiger partial charge in [0.15, 0.2) is 0 Å². The van der Waals surface area contributed by atoms with Gasteiger partial charge in [0.05, 0.1) is 12.1 Å². The first kappa shape index (κ1) is 9.24. The first-order valence-electron chi connectivity index (χ1n) is 3.62. The number of halogens is 1. The molecule has 0 unspecified atom stereocenters. The maximum atomic E-state index is 8.47. The third-order valence-corrected chi connectivity index (χ3v) is 2.06. The van der Waals surface area contributed by atoms with E-state index in [1.807, 2.05) is 30.3 Å². The van der Waals surface area contributed by atoms with Gasteiger partial charge in [0, 0.05) is 10.9 Å². The van der Waals surface area contributed by atoms with E-state index in [4.69, 9.17) is 11.0 Å². The molecule has 1 atom stereocenters. The van der Waals surface area contributed by atoms with Crippen molar-refractivity contribution in [1.29, 1.82) is 5.26 Å². The lowest BCUT2D eigenvalue weighted by Gasteiger charge is -2.01. The van der Waals surface area contributed by atoms with Crippen molar-refractivity contribution in [3.63, 3.8) is 0 Å². The lowest BCUT2D eigenvalue weighted by molar-refractivity contribution is 0.823. The second-order valence-corrected chi connectivity index (χ2v) is 3.48. The molecule has 0 aliphatic carbocycles. The van der Waals surface area contributed by atoms with Crippen molar-refractivity contribution in [2.75, 3.05) is 0 Å². The standard InChI is InChI=1S/C9H9BrN2/c10-8-3-1-7(2-4-8)5-9(12)6-11/h1-4,9H,5,12H2/t9-/m0/s1. The summed E-state index contributed by atoms with van der Waals surface area (Å²) in [7, 11) is 0. The smallest absolute Gasteiger partial charge is 0.0968 e. The summed E-state index contributed by atoms with van der Waals surface area (Å²) >= 11 is 3.33. The lowest BCUT2D eigenvalue weighted by atomic mass is 10.1. The van der Waals surface area contributed by atoms with Gasteiger partial charge in [-0.25, -0.2) is 0 Å². The van der Waals surface area contributed by atoms with Crippen LogP contribution in [0.1, 0.15) is 5.56 Å². The molecule has 0 amide bonds. The van der Waals surface area contributed by atoms with E-state index in [-0.39, 0.29) is 0 Å². The summed E-state index contributed by atoms with van der Waals surface area (Å²) in [4.78, 5) is 0. The molecular formula is C9H9BrN2. The minimum atomic E-state index is -0.397. The van der Waals surface area contributed by atoms with Gasteiger partial charge in [-0.1, -0.05) is 28.1 Å². The molecule has 2 nitrogen and oxygen atoms in total. The highest BCUT2D eigenvalue weighted by Gasteiger charge is 2.00. The SMILES string of the molecule is N#C[C@@H](N)Cc1ccc(Br)cc1. The zero-order valence-corrected chi connectivity index (χ0v) is 8.08. The van der Waals surface area contributed by atoms with Gasteiger partial charge < -0.3 is 5.73 Å². The molecule has 62 valence electrons. The van der Waals surface area contributed by atoms with Crippen molar-refractivity contribution < 1.29 is 0 Å². The van der Waals surface area contributed by atoms with Crippen LogP contribution in [0.25, 0.3) is 0 Å². The number of benzene rings is 1. The summed E-state index contributed by atoms with van der Waals surface area (Å²) in [5, 5.41) is 8.47. The Morgan fingerprint density at radius 3 is 2.50 bits per heavy atom. The third-order valence-electron chi connectivity index (χ3n) is 1.53. The fourth-order valence-corrected chi connectivity index (χ4v) is 1.18. The van der Waals surface area contributed by atoms with E-state index < -0.39 is 6.04 Å². The molecule has 0 spiro atoms. The van der Waals surface area contributed by atoms with Crippen molar-refractivity contribution in [3.8, 4) is 6.07 Å². The topological polar surface area (TPSA) is 49.8 Å².